The van der Waals surface area contributed by atoms with Crippen LogP contribution in [0.1, 0.15) is 40.5 Å². The predicted octanol–water partition coefficient (Wildman–Crippen LogP) is 4.13. The van der Waals surface area contributed by atoms with Crippen LogP contribution in [-0.4, -0.2) is 0 Å². The molecule has 0 heteroatoms. The molecule has 0 aromatic heterocycles. The van der Waals surface area contributed by atoms with E-state index in [0.29, 0.717) is 23.7 Å². The van der Waals surface area contributed by atoms with E-state index in [1.165, 1.54) is 0 Å². The molecule has 0 rings (SSSR count). The molecular formula is C16H24. The van der Waals surface area contributed by atoms with Crippen molar-refractivity contribution >= 4 is 0 Å². The molecule has 0 fully saturated rings. The Morgan fingerprint density at radius 3 is 1.31 bits per heavy atom. The third-order valence-corrected chi connectivity index (χ3v) is 2.98. The van der Waals surface area contributed by atoms with Crippen molar-refractivity contribution in [3.05, 3.63) is 12.2 Å². The van der Waals surface area contributed by atoms with Crippen LogP contribution in [0.5, 0.6) is 0 Å². The third-order valence-electron chi connectivity index (χ3n) is 2.98. The fourth-order valence-corrected chi connectivity index (χ4v) is 1.55. The van der Waals surface area contributed by atoms with E-state index in [1.807, 2.05) is 0 Å². The van der Waals surface area contributed by atoms with Gasteiger partial charge in [-0.1, -0.05) is 39.8 Å². The Hall–Kier alpha value is -1.14. The first-order chi connectivity index (χ1) is 7.52. The van der Waals surface area contributed by atoms with E-state index in [1.54, 1.807) is 0 Å². The van der Waals surface area contributed by atoms with Crippen molar-refractivity contribution in [3.8, 4) is 24.7 Å². The number of allylic oxidation sites excluding steroid dienone is 2. The summed E-state index contributed by atoms with van der Waals surface area (Å²) < 4.78 is 0. The second kappa shape index (κ2) is 8.06. The first-order valence-electron chi connectivity index (χ1n) is 6.10. The topological polar surface area (TPSA) is 0 Å². The first-order valence-corrected chi connectivity index (χ1v) is 6.10. The predicted molar refractivity (Wildman–Crippen MR) is 72.7 cm³/mol. The monoisotopic (exact) mass is 216 g/mol. The van der Waals surface area contributed by atoms with Gasteiger partial charge in [-0.3, -0.25) is 0 Å². The molecule has 0 bridgehead atoms. The smallest absolute Gasteiger partial charge is 0.0257 e. The van der Waals surface area contributed by atoms with Gasteiger partial charge < -0.3 is 0 Å². The lowest BCUT2D eigenvalue weighted by molar-refractivity contribution is 0.477. The average Bonchev–Trinajstić information content (AvgIpc) is 2.22. The zero-order valence-electron chi connectivity index (χ0n) is 11.0. The minimum absolute atomic E-state index is 0.347. The number of hydrogen-bond acceptors (Lipinski definition) is 0. The second-order valence-electron chi connectivity index (χ2n) is 4.98. The molecule has 0 radical (unpaired) electrons. The average molecular weight is 216 g/mol. The summed E-state index contributed by atoms with van der Waals surface area (Å²) in [5.74, 6) is 7.45. The summed E-state index contributed by atoms with van der Waals surface area (Å²) in [7, 11) is 0. The maximum Gasteiger partial charge on any atom is 0.0257 e. The number of terminal acetylenes is 2. The molecule has 0 aliphatic heterocycles. The van der Waals surface area contributed by atoms with Crippen molar-refractivity contribution in [3.63, 3.8) is 0 Å². The lowest BCUT2D eigenvalue weighted by Gasteiger charge is -2.13. The van der Waals surface area contributed by atoms with Crippen LogP contribution < -0.4 is 0 Å². The molecule has 16 heavy (non-hydrogen) atoms. The lowest BCUT2D eigenvalue weighted by atomic mass is 9.91. The minimum atomic E-state index is 0.347. The van der Waals surface area contributed by atoms with Crippen molar-refractivity contribution in [1.29, 1.82) is 0 Å². The first kappa shape index (κ1) is 14.9. The SMILES string of the molecule is C#C[C@@H](CC=CC[C@H](C#C)C(C)C)C(C)C. The van der Waals surface area contributed by atoms with Gasteiger partial charge in [0, 0.05) is 11.8 Å². The molecule has 0 saturated heterocycles. The Balaban J connectivity index is 4.04. The van der Waals surface area contributed by atoms with Gasteiger partial charge in [-0.2, -0.15) is 0 Å². The van der Waals surface area contributed by atoms with Gasteiger partial charge in [0.15, 0.2) is 0 Å². The molecule has 0 unspecified atom stereocenters. The van der Waals surface area contributed by atoms with Crippen LogP contribution >= 0.6 is 0 Å². The van der Waals surface area contributed by atoms with Crippen LogP contribution in [0, 0.1) is 48.4 Å². The molecule has 0 saturated carbocycles. The summed E-state index contributed by atoms with van der Waals surface area (Å²) in [6.45, 7) is 8.65. The number of hydrogen-bond donors (Lipinski definition) is 0. The van der Waals surface area contributed by atoms with E-state index < -0.39 is 0 Å². The van der Waals surface area contributed by atoms with Gasteiger partial charge in [0.1, 0.15) is 0 Å². The van der Waals surface area contributed by atoms with E-state index in [4.69, 9.17) is 12.8 Å². The lowest BCUT2D eigenvalue weighted by Crippen LogP contribution is -2.05. The molecular weight excluding hydrogens is 192 g/mol. The van der Waals surface area contributed by atoms with Gasteiger partial charge in [-0.25, -0.2) is 0 Å². The normalized spacial score (nSPS) is 15.0. The van der Waals surface area contributed by atoms with E-state index in [-0.39, 0.29) is 0 Å². The van der Waals surface area contributed by atoms with Crippen molar-refractivity contribution in [2.45, 2.75) is 40.5 Å². The van der Waals surface area contributed by atoms with Crippen molar-refractivity contribution in [2.24, 2.45) is 23.7 Å². The van der Waals surface area contributed by atoms with E-state index in [0.717, 1.165) is 12.8 Å². The van der Waals surface area contributed by atoms with Crippen LogP contribution in [0.15, 0.2) is 12.2 Å². The highest BCUT2D eigenvalue weighted by molar-refractivity contribution is 5.02. The molecule has 2 atom stereocenters. The molecule has 0 aromatic rings. The second-order valence-corrected chi connectivity index (χ2v) is 4.98. The van der Waals surface area contributed by atoms with Crippen molar-refractivity contribution in [1.82, 2.24) is 0 Å². The summed E-state index contributed by atoms with van der Waals surface area (Å²) in [6, 6.07) is 0. The molecule has 88 valence electrons. The van der Waals surface area contributed by atoms with Gasteiger partial charge in [-0.05, 0) is 24.7 Å². The quantitative estimate of drug-likeness (QED) is 0.462. The van der Waals surface area contributed by atoms with Crippen LogP contribution in [0.25, 0.3) is 0 Å². The Bertz CT molecular complexity index is 250. The largest absolute Gasteiger partial charge is 0.120 e. The third kappa shape index (κ3) is 5.67. The summed E-state index contributed by atoms with van der Waals surface area (Å²) in [5, 5.41) is 0. The molecule has 0 aliphatic carbocycles. The van der Waals surface area contributed by atoms with Crippen LogP contribution in [0.2, 0.25) is 0 Å². The molecule has 0 aliphatic rings. The molecule has 0 amide bonds. The van der Waals surface area contributed by atoms with Gasteiger partial charge in [0.25, 0.3) is 0 Å². The van der Waals surface area contributed by atoms with Crippen molar-refractivity contribution in [2.75, 3.05) is 0 Å². The fraction of sp³-hybridized carbons (Fsp3) is 0.625. The van der Waals surface area contributed by atoms with E-state index in [2.05, 4.69) is 51.7 Å². The Kier molecular flexibility index (Phi) is 7.49. The van der Waals surface area contributed by atoms with Crippen molar-refractivity contribution < 1.29 is 0 Å². The van der Waals surface area contributed by atoms with Crippen LogP contribution in [0.4, 0.5) is 0 Å². The van der Waals surface area contributed by atoms with E-state index >= 15 is 0 Å². The maximum atomic E-state index is 5.47. The summed E-state index contributed by atoms with van der Waals surface area (Å²) >= 11 is 0. The van der Waals surface area contributed by atoms with Crippen LogP contribution in [-0.2, 0) is 0 Å². The summed E-state index contributed by atoms with van der Waals surface area (Å²) in [4.78, 5) is 0. The molecule has 0 spiro atoms. The molecule has 0 heterocycles. The maximum absolute atomic E-state index is 5.47. The highest BCUT2D eigenvalue weighted by Crippen LogP contribution is 2.17. The van der Waals surface area contributed by atoms with E-state index in [9.17, 15) is 0 Å². The Labute approximate surface area is 102 Å². The highest BCUT2D eigenvalue weighted by Gasteiger charge is 2.09. The fourth-order valence-electron chi connectivity index (χ4n) is 1.55. The summed E-state index contributed by atoms with van der Waals surface area (Å²) in [5.41, 5.74) is 0. The highest BCUT2D eigenvalue weighted by atomic mass is 14.1. The standard InChI is InChI=1S/C16H24/c1-7-15(13(3)4)11-9-10-12-16(8-2)14(5)6/h1-2,9-10,13-16H,11-12H2,3-6H3/t15-,16-/m0/s1. The molecule has 0 nitrogen and oxygen atoms in total. The Morgan fingerprint density at radius 1 is 0.812 bits per heavy atom. The van der Waals surface area contributed by atoms with Gasteiger partial charge in [-0.15, -0.1) is 24.7 Å². The molecule has 0 aromatic carbocycles. The van der Waals surface area contributed by atoms with Gasteiger partial charge in [0.2, 0.25) is 0 Å². The van der Waals surface area contributed by atoms with Crippen LogP contribution in [0.3, 0.4) is 0 Å². The zero-order chi connectivity index (χ0) is 12.6. The van der Waals surface area contributed by atoms with Gasteiger partial charge >= 0.3 is 0 Å². The minimum Gasteiger partial charge on any atom is -0.120 e. The Morgan fingerprint density at radius 2 is 1.12 bits per heavy atom. The number of rotatable bonds is 6. The molecule has 0 N–H and O–H groups in total. The summed E-state index contributed by atoms with van der Waals surface area (Å²) in [6.07, 6.45) is 17.2. The zero-order valence-corrected chi connectivity index (χ0v) is 11.0. The van der Waals surface area contributed by atoms with Gasteiger partial charge in [0.05, 0.1) is 0 Å².